The van der Waals surface area contributed by atoms with E-state index in [1.807, 2.05) is 0 Å². The van der Waals surface area contributed by atoms with Gasteiger partial charge in [-0.1, -0.05) is 122 Å². The van der Waals surface area contributed by atoms with Gasteiger partial charge in [-0.2, -0.15) is 0 Å². The number of esters is 1. The summed E-state index contributed by atoms with van der Waals surface area (Å²) in [6, 6.07) is 8.53. The van der Waals surface area contributed by atoms with Gasteiger partial charge in [0.1, 0.15) is 0 Å². The van der Waals surface area contributed by atoms with Crippen molar-refractivity contribution < 1.29 is 9.53 Å². The normalized spacial score (nSPS) is 12.0. The smallest absolute Gasteiger partial charge is 0.311 e. The SMILES string of the molecule is CCCCCCCCCCc1ccc(-c2ncc(OC(=O)CCCCCCC(C)CC)cn2)cc1. The topological polar surface area (TPSA) is 52.1 Å². The summed E-state index contributed by atoms with van der Waals surface area (Å²) < 4.78 is 5.41. The highest BCUT2D eigenvalue weighted by atomic mass is 16.5. The molecule has 0 spiro atoms. The molecule has 0 radical (unpaired) electrons. The Morgan fingerprint density at radius 2 is 1.40 bits per heavy atom. The maximum atomic E-state index is 12.1. The van der Waals surface area contributed by atoms with Gasteiger partial charge in [-0.3, -0.25) is 4.79 Å². The van der Waals surface area contributed by atoms with E-state index in [4.69, 9.17) is 4.74 Å². The molecule has 1 aromatic heterocycles. The molecular formula is C31H48N2O2. The highest BCUT2D eigenvalue weighted by Crippen LogP contribution is 2.19. The van der Waals surface area contributed by atoms with Crippen molar-refractivity contribution in [2.75, 3.05) is 0 Å². The second kappa shape index (κ2) is 18.1. The van der Waals surface area contributed by atoms with Crippen molar-refractivity contribution in [3.8, 4) is 17.1 Å². The Kier molecular flexibility index (Phi) is 15.0. The van der Waals surface area contributed by atoms with E-state index in [2.05, 4.69) is 55.0 Å². The number of carbonyl (C=O) groups excluding carboxylic acids is 1. The van der Waals surface area contributed by atoms with E-state index in [0.717, 1.165) is 30.7 Å². The lowest BCUT2D eigenvalue weighted by molar-refractivity contribution is -0.134. The average Bonchev–Trinajstić information content (AvgIpc) is 2.88. The number of ether oxygens (including phenoxy) is 1. The number of unbranched alkanes of at least 4 members (excludes halogenated alkanes) is 10. The summed E-state index contributed by atoms with van der Waals surface area (Å²) in [5.74, 6) is 1.68. The summed E-state index contributed by atoms with van der Waals surface area (Å²) in [6.45, 7) is 6.81. The maximum Gasteiger partial charge on any atom is 0.311 e. The predicted molar refractivity (Wildman–Crippen MR) is 147 cm³/mol. The number of nitrogens with zero attached hydrogens (tertiary/aromatic N) is 2. The molecule has 1 aromatic carbocycles. The molecule has 0 fully saturated rings. The molecule has 4 heteroatoms. The minimum atomic E-state index is -0.200. The molecule has 0 amide bonds. The minimum Gasteiger partial charge on any atom is -0.423 e. The van der Waals surface area contributed by atoms with Gasteiger partial charge in [-0.15, -0.1) is 0 Å². The zero-order valence-electron chi connectivity index (χ0n) is 22.6. The van der Waals surface area contributed by atoms with E-state index < -0.39 is 0 Å². The van der Waals surface area contributed by atoms with Crippen LogP contribution in [0.1, 0.15) is 123 Å². The molecule has 0 saturated heterocycles. The zero-order chi connectivity index (χ0) is 25.1. The molecule has 1 heterocycles. The zero-order valence-corrected chi connectivity index (χ0v) is 22.6. The standard InChI is InChI=1S/C31H48N2O2/c1-4-6-7-8-9-10-11-15-18-27-20-22-28(23-21-27)31-32-24-29(25-33-31)35-30(34)19-16-13-12-14-17-26(3)5-2/h20-26H,4-19H2,1-3H3. The maximum absolute atomic E-state index is 12.1. The van der Waals surface area contributed by atoms with Gasteiger partial charge in [0.25, 0.3) is 0 Å². The van der Waals surface area contributed by atoms with Crippen LogP contribution in [0.2, 0.25) is 0 Å². The van der Waals surface area contributed by atoms with Crippen molar-refractivity contribution in [3.05, 3.63) is 42.2 Å². The molecule has 1 atom stereocenters. The van der Waals surface area contributed by atoms with Crippen LogP contribution in [0.3, 0.4) is 0 Å². The van der Waals surface area contributed by atoms with Gasteiger partial charge in [-0.25, -0.2) is 9.97 Å². The molecule has 2 rings (SSSR count). The van der Waals surface area contributed by atoms with Crippen LogP contribution < -0.4 is 4.74 Å². The Hall–Kier alpha value is -2.23. The van der Waals surface area contributed by atoms with Crippen LogP contribution in [0.25, 0.3) is 11.4 Å². The van der Waals surface area contributed by atoms with E-state index in [9.17, 15) is 4.79 Å². The fourth-order valence-electron chi connectivity index (χ4n) is 4.30. The molecule has 0 aliphatic heterocycles. The van der Waals surface area contributed by atoms with Gasteiger partial charge in [-0.05, 0) is 30.7 Å². The van der Waals surface area contributed by atoms with E-state index >= 15 is 0 Å². The van der Waals surface area contributed by atoms with Crippen LogP contribution in [0.5, 0.6) is 5.75 Å². The number of aryl methyl sites for hydroxylation is 1. The summed E-state index contributed by atoms with van der Waals surface area (Å²) in [5, 5.41) is 0. The van der Waals surface area contributed by atoms with Crippen LogP contribution in [0.15, 0.2) is 36.7 Å². The third-order valence-electron chi connectivity index (χ3n) is 6.92. The highest BCUT2D eigenvalue weighted by molar-refractivity contribution is 5.72. The van der Waals surface area contributed by atoms with E-state index in [0.29, 0.717) is 18.0 Å². The van der Waals surface area contributed by atoms with Gasteiger partial charge < -0.3 is 4.74 Å². The number of rotatable bonds is 19. The van der Waals surface area contributed by atoms with Crippen LogP contribution in [-0.4, -0.2) is 15.9 Å². The van der Waals surface area contributed by atoms with Crippen molar-refractivity contribution in [1.82, 2.24) is 9.97 Å². The Labute approximate surface area is 214 Å². The minimum absolute atomic E-state index is 0.200. The Morgan fingerprint density at radius 1 is 0.800 bits per heavy atom. The lowest BCUT2D eigenvalue weighted by Gasteiger charge is -2.08. The molecule has 194 valence electrons. The van der Waals surface area contributed by atoms with Crippen molar-refractivity contribution >= 4 is 5.97 Å². The van der Waals surface area contributed by atoms with Gasteiger partial charge in [0.05, 0.1) is 12.4 Å². The number of carbonyl (C=O) groups is 1. The Morgan fingerprint density at radius 3 is 2.06 bits per heavy atom. The van der Waals surface area contributed by atoms with Crippen LogP contribution in [0, 0.1) is 5.92 Å². The third-order valence-corrected chi connectivity index (χ3v) is 6.92. The third kappa shape index (κ3) is 12.9. The molecule has 0 aliphatic rings. The van der Waals surface area contributed by atoms with Gasteiger partial charge in [0.2, 0.25) is 0 Å². The molecule has 0 N–H and O–H groups in total. The summed E-state index contributed by atoms with van der Waals surface area (Å²) >= 11 is 0. The van der Waals surface area contributed by atoms with E-state index in [-0.39, 0.29) is 5.97 Å². The summed E-state index contributed by atoms with van der Waals surface area (Å²) in [5.41, 5.74) is 2.35. The molecule has 2 aromatic rings. The van der Waals surface area contributed by atoms with E-state index in [1.54, 1.807) is 12.4 Å². The van der Waals surface area contributed by atoms with Crippen molar-refractivity contribution in [3.63, 3.8) is 0 Å². The Bertz CT molecular complexity index is 802. The average molecular weight is 481 g/mol. The predicted octanol–water partition coefficient (Wildman–Crippen LogP) is 9.12. The lowest BCUT2D eigenvalue weighted by Crippen LogP contribution is -2.08. The van der Waals surface area contributed by atoms with Crippen molar-refractivity contribution in [1.29, 1.82) is 0 Å². The molecule has 0 bridgehead atoms. The van der Waals surface area contributed by atoms with Gasteiger partial charge in [0, 0.05) is 12.0 Å². The van der Waals surface area contributed by atoms with Crippen molar-refractivity contribution in [2.24, 2.45) is 5.92 Å². The van der Waals surface area contributed by atoms with Crippen LogP contribution in [-0.2, 0) is 11.2 Å². The fraction of sp³-hybridized carbons (Fsp3) is 0.645. The number of benzene rings is 1. The molecule has 0 saturated carbocycles. The van der Waals surface area contributed by atoms with Crippen molar-refractivity contribution in [2.45, 2.75) is 124 Å². The van der Waals surface area contributed by atoms with Crippen LogP contribution in [0.4, 0.5) is 0 Å². The summed E-state index contributed by atoms with van der Waals surface area (Å²) in [4.78, 5) is 20.9. The van der Waals surface area contributed by atoms with E-state index in [1.165, 1.54) is 82.6 Å². The largest absolute Gasteiger partial charge is 0.423 e. The number of hydrogen-bond donors (Lipinski definition) is 0. The highest BCUT2D eigenvalue weighted by Gasteiger charge is 2.08. The fourth-order valence-corrected chi connectivity index (χ4v) is 4.30. The summed E-state index contributed by atoms with van der Waals surface area (Å²) in [6.07, 6.45) is 22.5. The first-order chi connectivity index (χ1) is 17.1. The second-order valence-electron chi connectivity index (χ2n) is 10.1. The molecule has 4 nitrogen and oxygen atoms in total. The Balaban J connectivity index is 1.64. The first-order valence-electron chi connectivity index (χ1n) is 14.2. The van der Waals surface area contributed by atoms with Gasteiger partial charge in [0.15, 0.2) is 11.6 Å². The second-order valence-corrected chi connectivity index (χ2v) is 10.1. The van der Waals surface area contributed by atoms with Crippen LogP contribution >= 0.6 is 0 Å². The first-order valence-corrected chi connectivity index (χ1v) is 14.2. The first kappa shape index (κ1) is 29.0. The quantitative estimate of drug-likeness (QED) is 0.149. The van der Waals surface area contributed by atoms with Gasteiger partial charge >= 0.3 is 5.97 Å². The lowest BCUT2D eigenvalue weighted by atomic mass is 10.0. The summed E-state index contributed by atoms with van der Waals surface area (Å²) in [7, 11) is 0. The number of aromatic nitrogens is 2. The molecular weight excluding hydrogens is 432 g/mol. The molecule has 35 heavy (non-hydrogen) atoms. The molecule has 1 unspecified atom stereocenters. The number of hydrogen-bond acceptors (Lipinski definition) is 4. The molecule has 0 aliphatic carbocycles. The monoisotopic (exact) mass is 480 g/mol.